The molecule has 1 unspecified atom stereocenters. The molecule has 24 heavy (non-hydrogen) atoms. The highest BCUT2D eigenvalue weighted by atomic mass is 19.3. The van der Waals surface area contributed by atoms with Gasteiger partial charge in [-0.15, -0.1) is 0 Å². The normalized spacial score (nSPS) is 24.0. The first kappa shape index (κ1) is 17.0. The van der Waals surface area contributed by atoms with E-state index >= 15 is 0 Å². The summed E-state index contributed by atoms with van der Waals surface area (Å²) in [6.07, 6.45) is -1.15. The highest BCUT2D eigenvalue weighted by Gasteiger charge is 2.46. The predicted molar refractivity (Wildman–Crippen MR) is 82.4 cm³/mol. The van der Waals surface area contributed by atoms with Gasteiger partial charge in [0.25, 0.3) is 12.1 Å². The summed E-state index contributed by atoms with van der Waals surface area (Å²) in [7, 11) is 0. The third kappa shape index (κ3) is 3.18. The van der Waals surface area contributed by atoms with Gasteiger partial charge in [0.1, 0.15) is 11.8 Å². The average Bonchev–Trinajstić information content (AvgIpc) is 2.76. The molecule has 0 spiro atoms. The lowest BCUT2D eigenvalue weighted by Gasteiger charge is -2.41. The first-order valence-electron chi connectivity index (χ1n) is 7.86. The number of ether oxygens (including phenoxy) is 1. The Morgan fingerprint density at radius 2 is 2.08 bits per heavy atom. The Balaban J connectivity index is 1.81. The molecule has 1 saturated heterocycles. The average molecular weight is 342 g/mol. The lowest BCUT2D eigenvalue weighted by Crippen LogP contribution is -2.52. The van der Waals surface area contributed by atoms with Crippen molar-refractivity contribution in [2.24, 2.45) is 0 Å². The van der Waals surface area contributed by atoms with Crippen molar-refractivity contribution < 1.29 is 18.4 Å². The lowest BCUT2D eigenvalue weighted by molar-refractivity contribution is -0.385. The van der Waals surface area contributed by atoms with Gasteiger partial charge in [-0.2, -0.15) is 0 Å². The Hall–Kier alpha value is -1.87. The number of rotatable bonds is 4. The Kier molecular flexibility index (Phi) is 4.39. The fourth-order valence-electron chi connectivity index (χ4n) is 3.55. The zero-order chi connectivity index (χ0) is 17.5. The van der Waals surface area contributed by atoms with Gasteiger partial charge in [-0.3, -0.25) is 19.9 Å². The van der Waals surface area contributed by atoms with Crippen molar-refractivity contribution in [2.75, 3.05) is 32.7 Å². The maximum atomic E-state index is 12.5. The van der Waals surface area contributed by atoms with Gasteiger partial charge in [-0.25, -0.2) is 13.8 Å². The highest BCUT2D eigenvalue weighted by molar-refractivity contribution is 5.44. The highest BCUT2D eigenvalue weighted by Crippen LogP contribution is 2.46. The maximum absolute atomic E-state index is 12.5. The first-order chi connectivity index (χ1) is 11.3. The van der Waals surface area contributed by atoms with E-state index < -0.39 is 16.9 Å². The van der Waals surface area contributed by atoms with E-state index in [-0.39, 0.29) is 18.3 Å². The lowest BCUT2D eigenvalue weighted by atomic mass is 9.92. The van der Waals surface area contributed by atoms with Crippen molar-refractivity contribution in [1.29, 1.82) is 0 Å². The van der Waals surface area contributed by atoms with E-state index in [1.165, 1.54) is 12.3 Å². The van der Waals surface area contributed by atoms with Crippen LogP contribution in [-0.2, 0) is 0 Å². The summed E-state index contributed by atoms with van der Waals surface area (Å²) in [6.45, 7) is 5.89. The van der Waals surface area contributed by atoms with Crippen LogP contribution in [0.4, 0.5) is 14.5 Å². The van der Waals surface area contributed by atoms with Crippen molar-refractivity contribution in [1.82, 2.24) is 14.8 Å². The van der Waals surface area contributed by atoms with Crippen molar-refractivity contribution >= 4 is 5.69 Å². The van der Waals surface area contributed by atoms with Crippen molar-refractivity contribution in [3.8, 4) is 5.88 Å². The van der Waals surface area contributed by atoms with E-state index in [0.29, 0.717) is 37.6 Å². The van der Waals surface area contributed by atoms with Crippen LogP contribution in [0.3, 0.4) is 0 Å². The number of piperazine rings is 1. The molecule has 0 radical (unpaired) electrons. The molecule has 0 N–H and O–H groups in total. The van der Waals surface area contributed by atoms with Crippen LogP contribution in [0.15, 0.2) is 12.3 Å². The van der Waals surface area contributed by atoms with Gasteiger partial charge in [0.2, 0.25) is 5.88 Å². The maximum Gasteiger partial charge on any atom is 0.288 e. The third-order valence-corrected chi connectivity index (χ3v) is 4.56. The van der Waals surface area contributed by atoms with E-state index in [1.54, 1.807) is 4.90 Å². The van der Waals surface area contributed by atoms with Gasteiger partial charge in [-0.05, 0) is 13.8 Å². The van der Waals surface area contributed by atoms with Crippen LogP contribution >= 0.6 is 0 Å². The second-order valence-electron chi connectivity index (χ2n) is 6.68. The largest absolute Gasteiger partial charge is 0.469 e. The van der Waals surface area contributed by atoms with Crippen LogP contribution in [0, 0.1) is 10.1 Å². The van der Waals surface area contributed by atoms with Crippen LogP contribution in [0.2, 0.25) is 0 Å². The molecule has 1 aromatic rings. The molecule has 0 bridgehead atoms. The molecule has 7 nitrogen and oxygen atoms in total. The number of alkyl halides is 2. The van der Waals surface area contributed by atoms with Crippen molar-refractivity contribution in [2.45, 2.75) is 31.9 Å². The molecule has 3 rings (SSSR count). The van der Waals surface area contributed by atoms with Crippen LogP contribution in [0.1, 0.15) is 25.5 Å². The molecule has 1 aromatic heterocycles. The third-order valence-electron chi connectivity index (χ3n) is 4.56. The zero-order valence-electron chi connectivity index (χ0n) is 13.6. The summed E-state index contributed by atoms with van der Waals surface area (Å²) >= 11 is 0. The van der Waals surface area contributed by atoms with E-state index in [2.05, 4.69) is 9.88 Å². The monoisotopic (exact) mass is 342 g/mol. The minimum Gasteiger partial charge on any atom is -0.469 e. The molecule has 2 aliphatic rings. The van der Waals surface area contributed by atoms with Crippen LogP contribution in [-0.4, -0.2) is 64.5 Å². The van der Waals surface area contributed by atoms with E-state index in [1.807, 2.05) is 13.8 Å². The molecule has 3 heterocycles. The topological polar surface area (TPSA) is 71.7 Å². The second kappa shape index (κ2) is 6.21. The molecule has 0 saturated carbocycles. The molecule has 1 atom stereocenters. The first-order valence-corrected chi connectivity index (χ1v) is 7.86. The molecular weight excluding hydrogens is 322 g/mol. The smallest absolute Gasteiger partial charge is 0.288 e. The standard InChI is InChI=1S/C15H20F2N4O3/c1-15(2)13(20-5-3-19(4-6-20)9-12(16)17)11-7-10(21(22)23)8-18-14(11)24-15/h7-8,12-13H,3-6,9H2,1-2H3. The van der Waals surface area contributed by atoms with Crippen LogP contribution in [0.25, 0.3) is 0 Å². The minimum absolute atomic E-state index is 0.0728. The second-order valence-corrected chi connectivity index (χ2v) is 6.68. The summed E-state index contributed by atoms with van der Waals surface area (Å²) in [4.78, 5) is 18.5. The fourth-order valence-corrected chi connectivity index (χ4v) is 3.55. The number of hydrogen-bond donors (Lipinski definition) is 0. The SMILES string of the molecule is CC1(C)Oc2ncc([N+](=O)[O-])cc2C1N1CCN(CC(F)F)CC1. The Morgan fingerprint density at radius 3 is 2.67 bits per heavy atom. The van der Waals surface area contributed by atoms with Gasteiger partial charge in [0, 0.05) is 37.8 Å². The van der Waals surface area contributed by atoms with Crippen molar-refractivity contribution in [3.05, 3.63) is 27.9 Å². The van der Waals surface area contributed by atoms with E-state index in [0.717, 1.165) is 0 Å². The van der Waals surface area contributed by atoms with E-state index in [9.17, 15) is 18.9 Å². The van der Waals surface area contributed by atoms with Gasteiger partial charge >= 0.3 is 0 Å². The van der Waals surface area contributed by atoms with Gasteiger partial charge in [0.15, 0.2) is 0 Å². The van der Waals surface area contributed by atoms with Crippen molar-refractivity contribution in [3.63, 3.8) is 0 Å². The number of halogens is 2. The predicted octanol–water partition coefficient (Wildman–Crippen LogP) is 2.08. The minimum atomic E-state index is -2.34. The van der Waals surface area contributed by atoms with Gasteiger partial charge < -0.3 is 4.74 Å². The summed E-state index contributed by atoms with van der Waals surface area (Å²) in [5.74, 6) is 0.408. The van der Waals surface area contributed by atoms with Gasteiger partial charge in [-0.1, -0.05) is 0 Å². The Morgan fingerprint density at radius 1 is 1.42 bits per heavy atom. The number of pyridine rings is 1. The van der Waals surface area contributed by atoms with E-state index in [4.69, 9.17) is 4.74 Å². The number of nitro groups is 1. The summed E-state index contributed by atoms with van der Waals surface area (Å²) in [5.41, 5.74) is 0.0306. The Labute approximate surface area is 138 Å². The summed E-state index contributed by atoms with van der Waals surface area (Å²) in [6, 6.07) is 1.32. The summed E-state index contributed by atoms with van der Waals surface area (Å²) in [5, 5.41) is 11.0. The molecule has 132 valence electrons. The molecular formula is C15H20F2N4O3. The quantitative estimate of drug-likeness (QED) is 0.616. The van der Waals surface area contributed by atoms with Gasteiger partial charge in [0.05, 0.1) is 17.5 Å². The number of nitrogens with zero attached hydrogens (tertiary/aromatic N) is 4. The fraction of sp³-hybridized carbons (Fsp3) is 0.667. The van der Waals surface area contributed by atoms with Crippen LogP contribution in [0.5, 0.6) is 5.88 Å². The molecule has 2 aliphatic heterocycles. The molecule has 0 amide bonds. The molecule has 0 aromatic carbocycles. The molecule has 1 fully saturated rings. The number of aromatic nitrogens is 1. The van der Waals surface area contributed by atoms with Crippen LogP contribution < -0.4 is 4.74 Å². The number of fused-ring (bicyclic) bond motifs is 1. The number of hydrogen-bond acceptors (Lipinski definition) is 6. The molecule has 9 heteroatoms. The summed E-state index contributed by atoms with van der Waals surface area (Å²) < 4.78 is 30.9. The Bertz CT molecular complexity index is 633. The zero-order valence-corrected chi connectivity index (χ0v) is 13.6. The molecule has 0 aliphatic carbocycles.